The Morgan fingerprint density at radius 3 is 2.24 bits per heavy atom. The lowest BCUT2D eigenvalue weighted by Crippen LogP contribution is -2.08. The molecular formula is C11H7F3N2O. The van der Waals surface area contributed by atoms with E-state index in [1.54, 1.807) is 0 Å². The fourth-order valence-electron chi connectivity index (χ4n) is 1.43. The van der Waals surface area contributed by atoms with E-state index < -0.39 is 23.0 Å². The minimum Gasteiger partial charge on any atom is -0.311 e. The van der Waals surface area contributed by atoms with E-state index in [0.29, 0.717) is 5.82 Å². The summed E-state index contributed by atoms with van der Waals surface area (Å²) < 4.78 is 38.7. The highest BCUT2D eigenvalue weighted by Crippen LogP contribution is 2.21. The van der Waals surface area contributed by atoms with Crippen LogP contribution in [0.1, 0.15) is 5.82 Å². The third-order valence-electron chi connectivity index (χ3n) is 2.14. The first-order valence-corrected chi connectivity index (χ1v) is 4.70. The second-order valence-electron chi connectivity index (χ2n) is 3.47. The third kappa shape index (κ3) is 2.20. The van der Waals surface area contributed by atoms with Crippen LogP contribution in [0.4, 0.5) is 13.2 Å². The normalized spacial score (nSPS) is 10.6. The maximum Gasteiger partial charge on any atom is 0.251 e. The number of nitrogens with zero attached hydrogens (tertiary/aromatic N) is 1. The van der Waals surface area contributed by atoms with E-state index in [4.69, 9.17) is 0 Å². The SMILES string of the molecule is Cc1nc(-c2cc(F)c(F)c(F)c2)cc(=O)[nH]1. The van der Waals surface area contributed by atoms with Crippen LogP contribution in [0.2, 0.25) is 0 Å². The predicted molar refractivity (Wildman–Crippen MR) is 54.9 cm³/mol. The van der Waals surface area contributed by atoms with Crippen LogP contribution in [0.25, 0.3) is 11.3 Å². The number of hydrogen-bond donors (Lipinski definition) is 1. The molecule has 88 valence electrons. The number of halogens is 3. The molecular weight excluding hydrogens is 233 g/mol. The summed E-state index contributed by atoms with van der Waals surface area (Å²) in [6.45, 7) is 1.53. The standard InChI is InChI=1S/C11H7F3N2O/c1-5-15-9(4-10(17)16-5)6-2-7(12)11(14)8(13)3-6/h2-4H,1H3,(H,15,16,17). The van der Waals surface area contributed by atoms with Gasteiger partial charge < -0.3 is 4.98 Å². The molecule has 1 aromatic carbocycles. The molecule has 0 bridgehead atoms. The molecule has 0 spiro atoms. The number of aryl methyl sites for hydroxylation is 1. The van der Waals surface area contributed by atoms with Crippen LogP contribution in [-0.4, -0.2) is 9.97 Å². The molecule has 0 aliphatic heterocycles. The highest BCUT2D eigenvalue weighted by atomic mass is 19.2. The maximum atomic E-state index is 13.0. The second kappa shape index (κ2) is 4.04. The molecule has 1 aromatic heterocycles. The molecule has 0 radical (unpaired) electrons. The van der Waals surface area contributed by atoms with Gasteiger partial charge in [0.05, 0.1) is 5.69 Å². The zero-order valence-electron chi connectivity index (χ0n) is 8.72. The van der Waals surface area contributed by atoms with Crippen molar-refractivity contribution in [2.24, 2.45) is 0 Å². The lowest BCUT2D eigenvalue weighted by molar-refractivity contribution is 0.447. The minimum atomic E-state index is -1.55. The molecule has 0 unspecified atom stereocenters. The van der Waals surface area contributed by atoms with Gasteiger partial charge in [-0.1, -0.05) is 0 Å². The van der Waals surface area contributed by atoms with E-state index >= 15 is 0 Å². The van der Waals surface area contributed by atoms with Crippen molar-refractivity contribution < 1.29 is 13.2 Å². The molecule has 17 heavy (non-hydrogen) atoms. The highest BCUT2D eigenvalue weighted by molar-refractivity contribution is 5.58. The molecule has 0 amide bonds. The monoisotopic (exact) mass is 240 g/mol. The van der Waals surface area contributed by atoms with Gasteiger partial charge in [0, 0.05) is 11.6 Å². The summed E-state index contributed by atoms with van der Waals surface area (Å²) in [4.78, 5) is 17.5. The number of rotatable bonds is 1. The van der Waals surface area contributed by atoms with Crippen molar-refractivity contribution in [1.29, 1.82) is 0 Å². The molecule has 0 saturated carbocycles. The quantitative estimate of drug-likeness (QED) is 0.776. The van der Waals surface area contributed by atoms with Crippen LogP contribution in [0, 0.1) is 24.4 Å². The van der Waals surface area contributed by atoms with Gasteiger partial charge in [-0.2, -0.15) is 0 Å². The van der Waals surface area contributed by atoms with Crippen LogP contribution in [0.5, 0.6) is 0 Å². The van der Waals surface area contributed by atoms with Gasteiger partial charge in [0.25, 0.3) is 5.56 Å². The van der Waals surface area contributed by atoms with E-state index in [1.165, 1.54) is 6.92 Å². The average molecular weight is 240 g/mol. The fourth-order valence-corrected chi connectivity index (χ4v) is 1.43. The summed E-state index contributed by atoms with van der Waals surface area (Å²) in [5.41, 5.74) is -0.350. The summed E-state index contributed by atoms with van der Waals surface area (Å²) in [6.07, 6.45) is 0. The topological polar surface area (TPSA) is 45.8 Å². The van der Waals surface area contributed by atoms with Crippen molar-refractivity contribution in [3.05, 3.63) is 51.8 Å². The Hall–Kier alpha value is -2.11. The van der Waals surface area contributed by atoms with Crippen molar-refractivity contribution in [2.45, 2.75) is 6.92 Å². The van der Waals surface area contributed by atoms with E-state index in [-0.39, 0.29) is 11.3 Å². The van der Waals surface area contributed by atoms with E-state index in [2.05, 4.69) is 9.97 Å². The van der Waals surface area contributed by atoms with Gasteiger partial charge in [-0.25, -0.2) is 18.2 Å². The molecule has 0 aliphatic rings. The van der Waals surface area contributed by atoms with Gasteiger partial charge in [0.15, 0.2) is 17.5 Å². The summed E-state index contributed by atoms with van der Waals surface area (Å²) in [5.74, 6) is -3.88. The van der Waals surface area contributed by atoms with Crippen LogP contribution < -0.4 is 5.56 Å². The average Bonchev–Trinajstić information content (AvgIpc) is 2.23. The summed E-state index contributed by atoms with van der Waals surface area (Å²) in [5, 5.41) is 0. The predicted octanol–water partition coefficient (Wildman–Crippen LogP) is 2.16. The van der Waals surface area contributed by atoms with Gasteiger partial charge in [-0.3, -0.25) is 4.79 Å². The number of hydrogen-bond acceptors (Lipinski definition) is 2. The molecule has 0 aliphatic carbocycles. The van der Waals surface area contributed by atoms with Crippen LogP contribution in [-0.2, 0) is 0 Å². The number of aromatic amines is 1. The number of benzene rings is 1. The third-order valence-corrected chi connectivity index (χ3v) is 2.14. The van der Waals surface area contributed by atoms with Gasteiger partial charge in [0.1, 0.15) is 5.82 Å². The smallest absolute Gasteiger partial charge is 0.251 e. The molecule has 0 atom stereocenters. The molecule has 0 fully saturated rings. The Balaban J connectivity index is 2.64. The Morgan fingerprint density at radius 2 is 1.71 bits per heavy atom. The van der Waals surface area contributed by atoms with Crippen molar-refractivity contribution in [2.75, 3.05) is 0 Å². The first-order chi connectivity index (χ1) is 7.97. The number of aromatic nitrogens is 2. The Morgan fingerprint density at radius 1 is 1.12 bits per heavy atom. The largest absolute Gasteiger partial charge is 0.311 e. The Labute approximate surface area is 94.0 Å². The molecule has 3 nitrogen and oxygen atoms in total. The van der Waals surface area contributed by atoms with Crippen LogP contribution >= 0.6 is 0 Å². The molecule has 0 saturated heterocycles. The first-order valence-electron chi connectivity index (χ1n) is 4.70. The zero-order valence-corrected chi connectivity index (χ0v) is 8.72. The fraction of sp³-hybridized carbons (Fsp3) is 0.0909. The Bertz CT molecular complexity index is 614. The summed E-state index contributed by atoms with van der Waals surface area (Å²) in [7, 11) is 0. The molecule has 1 N–H and O–H groups in total. The maximum absolute atomic E-state index is 13.0. The van der Waals surface area contributed by atoms with Gasteiger partial charge >= 0.3 is 0 Å². The van der Waals surface area contributed by atoms with E-state index in [0.717, 1.165) is 18.2 Å². The van der Waals surface area contributed by atoms with Crippen LogP contribution in [0.15, 0.2) is 23.0 Å². The van der Waals surface area contributed by atoms with Crippen molar-refractivity contribution >= 4 is 0 Å². The lowest BCUT2D eigenvalue weighted by Gasteiger charge is -2.03. The lowest BCUT2D eigenvalue weighted by atomic mass is 10.1. The van der Waals surface area contributed by atoms with Gasteiger partial charge in [-0.15, -0.1) is 0 Å². The summed E-state index contributed by atoms with van der Waals surface area (Å²) >= 11 is 0. The Kier molecular flexibility index (Phi) is 2.71. The van der Waals surface area contributed by atoms with Crippen molar-refractivity contribution in [3.8, 4) is 11.3 Å². The van der Waals surface area contributed by atoms with Crippen molar-refractivity contribution in [3.63, 3.8) is 0 Å². The van der Waals surface area contributed by atoms with Crippen LogP contribution in [0.3, 0.4) is 0 Å². The minimum absolute atomic E-state index is 0.00981. The number of H-pyrrole nitrogens is 1. The zero-order chi connectivity index (χ0) is 12.6. The second-order valence-corrected chi connectivity index (χ2v) is 3.47. The molecule has 2 rings (SSSR count). The molecule has 6 heteroatoms. The van der Waals surface area contributed by atoms with E-state index in [9.17, 15) is 18.0 Å². The van der Waals surface area contributed by atoms with Gasteiger partial charge in [0.2, 0.25) is 0 Å². The summed E-state index contributed by atoms with van der Waals surface area (Å²) in [6, 6.07) is 2.67. The highest BCUT2D eigenvalue weighted by Gasteiger charge is 2.12. The molecule has 2 aromatic rings. The first kappa shape index (κ1) is 11.4. The van der Waals surface area contributed by atoms with Gasteiger partial charge in [-0.05, 0) is 19.1 Å². The van der Waals surface area contributed by atoms with E-state index in [1.807, 2.05) is 0 Å². The molecule has 1 heterocycles. The van der Waals surface area contributed by atoms with Crippen molar-refractivity contribution in [1.82, 2.24) is 9.97 Å². The number of nitrogens with one attached hydrogen (secondary N) is 1.